The van der Waals surface area contributed by atoms with Gasteiger partial charge >= 0.3 is 0 Å². The van der Waals surface area contributed by atoms with Crippen LogP contribution in [0.25, 0.3) is 0 Å². The third-order valence-corrected chi connectivity index (χ3v) is 5.45. The molecule has 2 aromatic rings. The molecule has 1 aliphatic carbocycles. The van der Waals surface area contributed by atoms with E-state index in [0.29, 0.717) is 34.6 Å². The van der Waals surface area contributed by atoms with Crippen molar-refractivity contribution in [3.05, 3.63) is 48.1 Å². The summed E-state index contributed by atoms with van der Waals surface area (Å²) in [4.78, 5) is 33.8. The number of aromatic nitrogens is 2. The molecular formula is C21H25ClN6O2. The number of carbonyl (C=O) groups is 2. The summed E-state index contributed by atoms with van der Waals surface area (Å²) in [6, 6.07) is 7.38. The van der Waals surface area contributed by atoms with Gasteiger partial charge in [0, 0.05) is 19.0 Å². The fraction of sp³-hybridized carbons (Fsp3) is 0.333. The first-order valence-electron chi connectivity index (χ1n) is 9.73. The Morgan fingerprint density at radius 3 is 2.83 bits per heavy atom. The van der Waals surface area contributed by atoms with E-state index in [1.54, 1.807) is 7.05 Å². The fourth-order valence-electron chi connectivity index (χ4n) is 3.54. The van der Waals surface area contributed by atoms with Crippen LogP contribution >= 0.6 is 11.6 Å². The molecule has 0 spiro atoms. The van der Waals surface area contributed by atoms with Gasteiger partial charge in [-0.15, -0.1) is 0 Å². The van der Waals surface area contributed by atoms with Crippen molar-refractivity contribution in [2.24, 2.45) is 11.7 Å². The Morgan fingerprint density at radius 2 is 2.10 bits per heavy atom. The van der Waals surface area contributed by atoms with Gasteiger partial charge in [0.05, 0.1) is 17.6 Å². The second-order valence-corrected chi connectivity index (χ2v) is 7.65. The lowest BCUT2D eigenvalue weighted by molar-refractivity contribution is -0.122. The molecule has 30 heavy (non-hydrogen) atoms. The van der Waals surface area contributed by atoms with Crippen LogP contribution in [0.5, 0.6) is 0 Å². The van der Waals surface area contributed by atoms with Crippen molar-refractivity contribution < 1.29 is 9.59 Å². The maximum Gasteiger partial charge on any atom is 0.250 e. The third kappa shape index (κ3) is 5.07. The standard InChI is InChI=1S/C21H25ClN6O2/c1-3-18(29)28(2)17-10-5-4-9-16(17)26-20-15(22)12-24-21(27-20)25-14-8-6-7-13(11-14)19(23)30/h3-5,9-10,12-14H,1,6-8,11H2,2H3,(H2,23,30)(H2,24,25,26,27). The first-order chi connectivity index (χ1) is 14.4. The predicted molar refractivity (Wildman–Crippen MR) is 119 cm³/mol. The van der Waals surface area contributed by atoms with Crippen LogP contribution in [0.3, 0.4) is 0 Å². The van der Waals surface area contributed by atoms with Gasteiger partial charge in [0.15, 0.2) is 5.82 Å². The number of hydrogen-bond acceptors (Lipinski definition) is 6. The maximum absolute atomic E-state index is 12.0. The van der Waals surface area contributed by atoms with E-state index in [2.05, 4.69) is 27.2 Å². The van der Waals surface area contributed by atoms with Gasteiger partial charge in [0.1, 0.15) is 5.02 Å². The largest absolute Gasteiger partial charge is 0.369 e. The molecular weight excluding hydrogens is 404 g/mol. The summed E-state index contributed by atoms with van der Waals surface area (Å²) >= 11 is 6.30. The number of nitrogens with zero attached hydrogens (tertiary/aromatic N) is 3. The van der Waals surface area contributed by atoms with Crippen LogP contribution in [-0.2, 0) is 9.59 Å². The number of hydrogen-bond donors (Lipinski definition) is 3. The van der Waals surface area contributed by atoms with E-state index in [1.165, 1.54) is 17.2 Å². The summed E-state index contributed by atoms with van der Waals surface area (Å²) < 4.78 is 0. The van der Waals surface area contributed by atoms with Crippen LogP contribution in [0, 0.1) is 5.92 Å². The Hall–Kier alpha value is -3.13. The molecule has 0 saturated heterocycles. The van der Waals surface area contributed by atoms with E-state index in [9.17, 15) is 9.59 Å². The lowest BCUT2D eigenvalue weighted by atomic mass is 9.85. The highest BCUT2D eigenvalue weighted by molar-refractivity contribution is 6.33. The van der Waals surface area contributed by atoms with Gasteiger partial charge in [-0.3, -0.25) is 9.59 Å². The highest BCUT2D eigenvalue weighted by Gasteiger charge is 2.26. The number of nitrogens with one attached hydrogen (secondary N) is 2. The summed E-state index contributed by atoms with van der Waals surface area (Å²) in [7, 11) is 1.66. The first kappa shape index (κ1) is 21.6. The van der Waals surface area contributed by atoms with Crippen LogP contribution in [0.4, 0.5) is 23.1 Å². The van der Waals surface area contributed by atoms with E-state index >= 15 is 0 Å². The van der Waals surface area contributed by atoms with E-state index in [4.69, 9.17) is 17.3 Å². The van der Waals surface area contributed by atoms with Crippen molar-refractivity contribution in [2.75, 3.05) is 22.6 Å². The van der Waals surface area contributed by atoms with Crippen LogP contribution in [-0.4, -0.2) is 34.9 Å². The Balaban J connectivity index is 1.79. The predicted octanol–water partition coefficient (Wildman–Crippen LogP) is 3.48. The van der Waals surface area contributed by atoms with E-state index in [0.717, 1.165) is 19.3 Å². The molecule has 1 saturated carbocycles. The van der Waals surface area contributed by atoms with Crippen LogP contribution in [0.15, 0.2) is 43.1 Å². The third-order valence-electron chi connectivity index (χ3n) is 5.18. The molecule has 0 aliphatic heterocycles. The minimum Gasteiger partial charge on any atom is -0.369 e. The van der Waals surface area contributed by atoms with Crippen molar-refractivity contribution in [3.63, 3.8) is 0 Å². The zero-order valence-corrected chi connectivity index (χ0v) is 17.5. The summed E-state index contributed by atoms with van der Waals surface area (Å²) in [6.45, 7) is 3.53. The number of rotatable bonds is 7. The molecule has 0 radical (unpaired) electrons. The summed E-state index contributed by atoms with van der Waals surface area (Å²) in [6.07, 6.45) is 6.06. The van der Waals surface area contributed by atoms with Gasteiger partial charge in [-0.2, -0.15) is 4.98 Å². The van der Waals surface area contributed by atoms with E-state index < -0.39 is 0 Å². The Labute approximate surface area is 180 Å². The number of halogens is 1. The molecule has 2 amide bonds. The maximum atomic E-state index is 12.0. The molecule has 1 fully saturated rings. The number of anilines is 4. The van der Waals surface area contributed by atoms with Gasteiger partial charge in [-0.25, -0.2) is 4.98 Å². The topological polar surface area (TPSA) is 113 Å². The summed E-state index contributed by atoms with van der Waals surface area (Å²) in [5.41, 5.74) is 6.78. The molecule has 0 bridgehead atoms. The summed E-state index contributed by atoms with van der Waals surface area (Å²) in [5, 5.41) is 6.80. The van der Waals surface area contributed by atoms with Gasteiger partial charge in [-0.05, 0) is 37.5 Å². The van der Waals surface area contributed by atoms with Crippen molar-refractivity contribution in [2.45, 2.75) is 31.7 Å². The monoisotopic (exact) mass is 428 g/mol. The molecule has 1 aromatic heterocycles. The Bertz CT molecular complexity index is 951. The van der Waals surface area contributed by atoms with Crippen LogP contribution in [0.2, 0.25) is 5.02 Å². The zero-order valence-electron chi connectivity index (χ0n) is 16.8. The van der Waals surface area contributed by atoms with Crippen molar-refractivity contribution in [1.29, 1.82) is 0 Å². The summed E-state index contributed by atoms with van der Waals surface area (Å²) in [5.74, 6) is 0.177. The average molecular weight is 429 g/mol. The van der Waals surface area contributed by atoms with Crippen LogP contribution < -0.4 is 21.3 Å². The first-order valence-corrected chi connectivity index (χ1v) is 10.1. The molecule has 1 aliphatic rings. The molecule has 9 heteroatoms. The quantitative estimate of drug-likeness (QED) is 0.582. The highest BCUT2D eigenvalue weighted by Crippen LogP contribution is 2.31. The number of nitrogens with two attached hydrogens (primary N) is 1. The SMILES string of the molecule is C=CC(=O)N(C)c1ccccc1Nc1nc(NC2CCCC(C(N)=O)C2)ncc1Cl. The normalized spacial score (nSPS) is 18.3. The molecule has 1 heterocycles. The Morgan fingerprint density at radius 1 is 1.33 bits per heavy atom. The minimum absolute atomic E-state index is 0.0638. The number of likely N-dealkylation sites (N-methyl/N-ethyl adjacent to an activating group) is 1. The van der Waals surface area contributed by atoms with Gasteiger partial charge < -0.3 is 21.3 Å². The molecule has 8 nitrogen and oxygen atoms in total. The van der Waals surface area contributed by atoms with Crippen LogP contribution in [0.1, 0.15) is 25.7 Å². The van der Waals surface area contributed by atoms with Crippen molar-refractivity contribution in [3.8, 4) is 0 Å². The average Bonchev–Trinajstić information content (AvgIpc) is 2.75. The molecule has 3 rings (SSSR count). The molecule has 1 aromatic carbocycles. The van der Waals surface area contributed by atoms with E-state index in [1.807, 2.05) is 24.3 Å². The molecule has 4 N–H and O–H groups in total. The van der Waals surface area contributed by atoms with Crippen molar-refractivity contribution >= 4 is 46.6 Å². The van der Waals surface area contributed by atoms with E-state index in [-0.39, 0.29) is 23.8 Å². The number of carbonyl (C=O) groups excluding carboxylic acids is 2. The Kier molecular flexibility index (Phi) is 6.89. The number of primary amides is 1. The lowest BCUT2D eigenvalue weighted by Gasteiger charge is -2.28. The number of amides is 2. The zero-order chi connectivity index (χ0) is 21.7. The fourth-order valence-corrected chi connectivity index (χ4v) is 3.68. The smallest absolute Gasteiger partial charge is 0.250 e. The van der Waals surface area contributed by atoms with Gasteiger partial charge in [0.2, 0.25) is 17.8 Å². The molecule has 2 atom stereocenters. The highest BCUT2D eigenvalue weighted by atomic mass is 35.5. The van der Waals surface area contributed by atoms with Gasteiger partial charge in [-0.1, -0.05) is 36.7 Å². The number of para-hydroxylation sites is 2. The molecule has 158 valence electrons. The minimum atomic E-state index is -0.268. The van der Waals surface area contributed by atoms with Crippen molar-refractivity contribution in [1.82, 2.24) is 9.97 Å². The van der Waals surface area contributed by atoms with Gasteiger partial charge in [0.25, 0.3) is 0 Å². The second kappa shape index (κ2) is 9.58. The lowest BCUT2D eigenvalue weighted by Crippen LogP contribution is -2.34. The second-order valence-electron chi connectivity index (χ2n) is 7.24. The molecule has 2 unspecified atom stereocenters. The number of benzene rings is 1.